The standard InChI is InChI=1S/C17H20N2O3S/c1-10-4-5-15(20)13(8-10)14-9-23-17(18-14)19-7-6-12(11(19)2)16(21)22-3/h4-5,8-9,11-12,20H,6-7H2,1-3H3. The molecule has 2 atom stereocenters. The summed E-state index contributed by atoms with van der Waals surface area (Å²) in [5.74, 6) is -0.0396. The largest absolute Gasteiger partial charge is 0.507 e. The lowest BCUT2D eigenvalue weighted by Gasteiger charge is -2.22. The lowest BCUT2D eigenvalue weighted by Crippen LogP contribution is -2.33. The number of hydrogen-bond donors (Lipinski definition) is 1. The molecule has 122 valence electrons. The van der Waals surface area contributed by atoms with Crippen LogP contribution in [0.3, 0.4) is 0 Å². The molecule has 2 aromatic rings. The zero-order chi connectivity index (χ0) is 16.6. The summed E-state index contributed by atoms with van der Waals surface area (Å²) in [6.45, 7) is 4.80. The first-order valence-electron chi connectivity index (χ1n) is 7.61. The predicted octanol–water partition coefficient (Wildman–Crippen LogP) is 3.21. The van der Waals surface area contributed by atoms with Gasteiger partial charge in [0.15, 0.2) is 5.13 Å². The summed E-state index contributed by atoms with van der Waals surface area (Å²) in [5, 5.41) is 12.9. The van der Waals surface area contributed by atoms with Crippen LogP contribution in [0.2, 0.25) is 0 Å². The number of rotatable bonds is 3. The van der Waals surface area contributed by atoms with E-state index < -0.39 is 0 Å². The zero-order valence-corrected chi connectivity index (χ0v) is 14.3. The highest BCUT2D eigenvalue weighted by atomic mass is 32.1. The maximum Gasteiger partial charge on any atom is 0.310 e. The summed E-state index contributed by atoms with van der Waals surface area (Å²) < 4.78 is 4.88. The maximum atomic E-state index is 11.8. The van der Waals surface area contributed by atoms with Gasteiger partial charge in [0.05, 0.1) is 18.7 Å². The molecule has 1 aromatic carbocycles. The summed E-state index contributed by atoms with van der Waals surface area (Å²) in [6, 6.07) is 5.55. The van der Waals surface area contributed by atoms with Gasteiger partial charge in [0.1, 0.15) is 5.75 Å². The molecule has 0 aliphatic carbocycles. The van der Waals surface area contributed by atoms with Crippen molar-refractivity contribution in [2.75, 3.05) is 18.6 Å². The lowest BCUT2D eigenvalue weighted by molar-refractivity contribution is -0.145. The molecule has 0 amide bonds. The molecule has 0 bridgehead atoms. The number of methoxy groups -OCH3 is 1. The molecule has 0 spiro atoms. The number of aromatic nitrogens is 1. The van der Waals surface area contributed by atoms with Gasteiger partial charge in [0.25, 0.3) is 0 Å². The van der Waals surface area contributed by atoms with Crippen LogP contribution >= 0.6 is 11.3 Å². The average Bonchev–Trinajstić information content (AvgIpc) is 3.15. The summed E-state index contributed by atoms with van der Waals surface area (Å²) in [5.41, 5.74) is 2.58. The van der Waals surface area contributed by atoms with Crippen LogP contribution in [0.5, 0.6) is 5.75 Å². The maximum absolute atomic E-state index is 11.8. The van der Waals surface area contributed by atoms with E-state index in [1.165, 1.54) is 18.4 Å². The van der Waals surface area contributed by atoms with Crippen LogP contribution < -0.4 is 4.90 Å². The van der Waals surface area contributed by atoms with Gasteiger partial charge in [-0.25, -0.2) is 4.98 Å². The summed E-state index contributed by atoms with van der Waals surface area (Å²) in [7, 11) is 1.43. The minimum atomic E-state index is -0.159. The summed E-state index contributed by atoms with van der Waals surface area (Å²) >= 11 is 1.53. The van der Waals surface area contributed by atoms with Gasteiger partial charge in [-0.2, -0.15) is 0 Å². The Labute approximate surface area is 139 Å². The van der Waals surface area contributed by atoms with Gasteiger partial charge in [-0.15, -0.1) is 11.3 Å². The SMILES string of the molecule is COC(=O)C1CCN(c2nc(-c3cc(C)ccc3O)cs2)C1C. The normalized spacial score (nSPS) is 20.7. The fourth-order valence-corrected chi connectivity index (χ4v) is 3.99. The minimum absolute atomic E-state index is 0.0626. The second-order valence-corrected chi connectivity index (χ2v) is 6.72. The highest BCUT2D eigenvalue weighted by Crippen LogP contribution is 2.37. The van der Waals surface area contributed by atoms with Gasteiger partial charge in [0, 0.05) is 23.5 Å². The first-order valence-corrected chi connectivity index (χ1v) is 8.49. The van der Waals surface area contributed by atoms with E-state index in [-0.39, 0.29) is 23.7 Å². The van der Waals surface area contributed by atoms with E-state index in [9.17, 15) is 9.90 Å². The third kappa shape index (κ3) is 2.91. The molecule has 0 saturated carbocycles. The van der Waals surface area contributed by atoms with Crippen LogP contribution in [-0.2, 0) is 9.53 Å². The molecule has 6 heteroatoms. The van der Waals surface area contributed by atoms with Crippen molar-refractivity contribution in [3.8, 4) is 17.0 Å². The Bertz CT molecular complexity index is 728. The van der Waals surface area contributed by atoms with Crippen LogP contribution in [-0.4, -0.2) is 35.8 Å². The number of phenolic OH excluding ortho intramolecular Hbond substituents is 1. The van der Waals surface area contributed by atoms with Gasteiger partial charge < -0.3 is 14.7 Å². The first kappa shape index (κ1) is 15.8. The van der Waals surface area contributed by atoms with Crippen molar-refractivity contribution in [1.82, 2.24) is 4.98 Å². The van der Waals surface area contributed by atoms with E-state index in [0.717, 1.165) is 34.9 Å². The predicted molar refractivity (Wildman–Crippen MR) is 90.9 cm³/mol. The van der Waals surface area contributed by atoms with Crippen molar-refractivity contribution < 1.29 is 14.6 Å². The number of carbonyl (C=O) groups excluding carboxylic acids is 1. The molecular weight excluding hydrogens is 312 g/mol. The molecular formula is C17H20N2O3S. The Morgan fingerprint density at radius 3 is 3.00 bits per heavy atom. The fourth-order valence-electron chi connectivity index (χ4n) is 3.05. The molecule has 1 N–H and O–H groups in total. The highest BCUT2D eigenvalue weighted by molar-refractivity contribution is 7.14. The zero-order valence-electron chi connectivity index (χ0n) is 13.4. The minimum Gasteiger partial charge on any atom is -0.507 e. The molecule has 1 fully saturated rings. The Balaban J connectivity index is 1.85. The Morgan fingerprint density at radius 2 is 2.26 bits per heavy atom. The molecule has 3 rings (SSSR count). The number of carbonyl (C=O) groups is 1. The van der Waals surface area contributed by atoms with Gasteiger partial charge in [-0.3, -0.25) is 4.79 Å². The number of esters is 1. The Morgan fingerprint density at radius 1 is 1.48 bits per heavy atom. The third-order valence-corrected chi connectivity index (χ3v) is 5.30. The number of thiazole rings is 1. The van der Waals surface area contributed by atoms with Gasteiger partial charge in [-0.05, 0) is 32.4 Å². The molecule has 5 nitrogen and oxygen atoms in total. The van der Waals surface area contributed by atoms with E-state index in [0.29, 0.717) is 0 Å². The second kappa shape index (κ2) is 6.20. The first-order chi connectivity index (χ1) is 11.0. The van der Waals surface area contributed by atoms with E-state index in [1.807, 2.05) is 31.4 Å². The number of phenols is 1. The summed E-state index contributed by atoms with van der Waals surface area (Å²) in [4.78, 5) is 18.6. The smallest absolute Gasteiger partial charge is 0.310 e. The van der Waals surface area contributed by atoms with E-state index >= 15 is 0 Å². The van der Waals surface area contributed by atoms with Crippen molar-refractivity contribution in [3.05, 3.63) is 29.1 Å². The molecule has 2 heterocycles. The molecule has 0 radical (unpaired) electrons. The molecule has 2 unspecified atom stereocenters. The number of aromatic hydroxyl groups is 1. The second-order valence-electron chi connectivity index (χ2n) is 5.89. The Kier molecular flexibility index (Phi) is 4.26. The van der Waals surface area contributed by atoms with Crippen LogP contribution in [0.4, 0.5) is 5.13 Å². The van der Waals surface area contributed by atoms with Crippen LogP contribution in [0.15, 0.2) is 23.6 Å². The van der Waals surface area contributed by atoms with E-state index in [1.54, 1.807) is 6.07 Å². The van der Waals surface area contributed by atoms with Gasteiger partial charge >= 0.3 is 5.97 Å². The molecule has 1 saturated heterocycles. The van der Waals surface area contributed by atoms with Crippen molar-refractivity contribution in [2.45, 2.75) is 26.3 Å². The molecule has 1 aromatic heterocycles. The average molecular weight is 332 g/mol. The lowest BCUT2D eigenvalue weighted by atomic mass is 10.0. The van der Waals surface area contributed by atoms with E-state index in [4.69, 9.17) is 4.74 Å². The van der Waals surface area contributed by atoms with Crippen molar-refractivity contribution in [2.24, 2.45) is 5.92 Å². The molecule has 23 heavy (non-hydrogen) atoms. The van der Waals surface area contributed by atoms with Crippen molar-refractivity contribution in [3.63, 3.8) is 0 Å². The number of nitrogens with zero attached hydrogens (tertiary/aromatic N) is 2. The number of ether oxygens (including phenoxy) is 1. The van der Waals surface area contributed by atoms with Crippen LogP contribution in [0.25, 0.3) is 11.3 Å². The van der Waals surface area contributed by atoms with Gasteiger partial charge in [0.2, 0.25) is 0 Å². The fraction of sp³-hybridized carbons (Fsp3) is 0.412. The van der Waals surface area contributed by atoms with E-state index in [2.05, 4.69) is 9.88 Å². The van der Waals surface area contributed by atoms with Gasteiger partial charge in [-0.1, -0.05) is 11.6 Å². The topological polar surface area (TPSA) is 62.7 Å². The molecule has 1 aliphatic heterocycles. The third-order valence-electron chi connectivity index (χ3n) is 4.42. The van der Waals surface area contributed by atoms with Crippen molar-refractivity contribution >= 4 is 22.4 Å². The molecule has 1 aliphatic rings. The number of aryl methyl sites for hydroxylation is 1. The monoisotopic (exact) mass is 332 g/mol. The number of hydrogen-bond acceptors (Lipinski definition) is 6. The quantitative estimate of drug-likeness (QED) is 0.875. The van der Waals surface area contributed by atoms with Crippen LogP contribution in [0, 0.1) is 12.8 Å². The summed E-state index contributed by atoms with van der Waals surface area (Å²) in [6.07, 6.45) is 0.776. The number of benzene rings is 1. The van der Waals surface area contributed by atoms with Crippen LogP contribution in [0.1, 0.15) is 18.9 Å². The number of anilines is 1. The van der Waals surface area contributed by atoms with Crippen molar-refractivity contribution in [1.29, 1.82) is 0 Å². The Hall–Kier alpha value is -2.08. The highest BCUT2D eigenvalue weighted by Gasteiger charge is 2.37.